The average molecular weight is 392 g/mol. The van der Waals surface area contributed by atoms with E-state index in [4.69, 9.17) is 9.47 Å². The minimum absolute atomic E-state index is 0.0614. The predicted octanol–water partition coefficient (Wildman–Crippen LogP) is 1.50. The van der Waals surface area contributed by atoms with Gasteiger partial charge in [-0.05, 0) is 45.9 Å². The summed E-state index contributed by atoms with van der Waals surface area (Å²) in [5.74, 6) is -1.29. The third-order valence-corrected chi connectivity index (χ3v) is 5.06. The number of morpholine rings is 1. The SMILES string of the molecule is CCOC(=O)c1[nH]c2ccc(F)cc2c1NC(=O)[C@@H](C)[NH+]1C[C@@H](C)O[C@H](C)C1. The number of hydrogen-bond donors (Lipinski definition) is 3. The molecule has 1 saturated heterocycles. The minimum Gasteiger partial charge on any atom is -0.461 e. The molecule has 0 spiro atoms. The Morgan fingerprint density at radius 3 is 2.68 bits per heavy atom. The van der Waals surface area contributed by atoms with Crippen LogP contribution >= 0.6 is 0 Å². The van der Waals surface area contributed by atoms with Crippen LogP contribution in [0.3, 0.4) is 0 Å². The molecule has 0 unspecified atom stereocenters. The van der Waals surface area contributed by atoms with Crippen LogP contribution in [0.4, 0.5) is 10.1 Å². The van der Waals surface area contributed by atoms with Crippen LogP contribution in [-0.2, 0) is 14.3 Å². The lowest BCUT2D eigenvalue weighted by molar-refractivity contribution is -0.928. The Morgan fingerprint density at radius 1 is 1.36 bits per heavy atom. The second-order valence-corrected chi connectivity index (χ2v) is 7.32. The third kappa shape index (κ3) is 4.18. The molecule has 1 aliphatic heterocycles. The molecular weight excluding hydrogens is 365 g/mol. The number of amides is 1. The van der Waals surface area contributed by atoms with Crippen LogP contribution in [0.1, 0.15) is 38.2 Å². The number of carbonyl (C=O) groups is 2. The van der Waals surface area contributed by atoms with Crippen molar-refractivity contribution in [3.05, 3.63) is 29.7 Å². The number of fused-ring (bicyclic) bond motifs is 1. The zero-order valence-electron chi connectivity index (χ0n) is 16.6. The Balaban J connectivity index is 1.89. The molecule has 28 heavy (non-hydrogen) atoms. The Morgan fingerprint density at radius 2 is 2.04 bits per heavy atom. The maximum atomic E-state index is 13.8. The van der Waals surface area contributed by atoms with Crippen LogP contribution in [0.25, 0.3) is 10.9 Å². The highest BCUT2D eigenvalue weighted by atomic mass is 19.1. The summed E-state index contributed by atoms with van der Waals surface area (Å²) >= 11 is 0. The zero-order chi connectivity index (χ0) is 20.4. The van der Waals surface area contributed by atoms with Crippen molar-refractivity contribution in [2.75, 3.05) is 25.0 Å². The number of benzene rings is 1. The van der Waals surface area contributed by atoms with Crippen molar-refractivity contribution in [2.24, 2.45) is 0 Å². The van der Waals surface area contributed by atoms with E-state index < -0.39 is 11.8 Å². The van der Waals surface area contributed by atoms with Gasteiger partial charge in [0.25, 0.3) is 5.91 Å². The number of anilines is 1. The number of carbonyl (C=O) groups excluding carboxylic acids is 2. The van der Waals surface area contributed by atoms with E-state index in [0.717, 1.165) is 4.90 Å². The average Bonchev–Trinajstić information content (AvgIpc) is 2.98. The lowest BCUT2D eigenvalue weighted by Crippen LogP contribution is -3.19. The molecule has 2 aromatic rings. The Hall–Kier alpha value is -2.45. The molecule has 0 aliphatic carbocycles. The summed E-state index contributed by atoms with van der Waals surface area (Å²) in [5.41, 5.74) is 0.911. The Labute approximate surface area is 163 Å². The van der Waals surface area contributed by atoms with Crippen LogP contribution in [0.2, 0.25) is 0 Å². The van der Waals surface area contributed by atoms with Crippen LogP contribution in [0.15, 0.2) is 18.2 Å². The summed E-state index contributed by atoms with van der Waals surface area (Å²) in [6.45, 7) is 9.14. The van der Waals surface area contributed by atoms with Gasteiger partial charge in [0, 0.05) is 10.9 Å². The lowest BCUT2D eigenvalue weighted by atomic mass is 10.1. The molecule has 0 saturated carbocycles. The Kier molecular flexibility index (Phi) is 6.00. The van der Waals surface area contributed by atoms with Gasteiger partial charge in [-0.3, -0.25) is 4.79 Å². The predicted molar refractivity (Wildman–Crippen MR) is 103 cm³/mol. The number of ether oxygens (including phenoxy) is 2. The normalized spacial score (nSPS) is 23.4. The molecule has 0 bridgehead atoms. The summed E-state index contributed by atoms with van der Waals surface area (Å²) in [6.07, 6.45) is 0.123. The number of H-pyrrole nitrogens is 1. The molecule has 3 rings (SSSR count). The highest BCUT2D eigenvalue weighted by Crippen LogP contribution is 2.29. The molecule has 0 radical (unpaired) electrons. The zero-order valence-corrected chi connectivity index (χ0v) is 16.6. The lowest BCUT2D eigenvalue weighted by Gasteiger charge is -2.35. The van der Waals surface area contributed by atoms with E-state index in [0.29, 0.717) is 24.0 Å². The topological polar surface area (TPSA) is 84.9 Å². The summed E-state index contributed by atoms with van der Waals surface area (Å²) in [5, 5.41) is 3.26. The molecule has 1 aromatic carbocycles. The van der Waals surface area contributed by atoms with Crippen molar-refractivity contribution in [1.82, 2.24) is 4.98 Å². The molecule has 1 aromatic heterocycles. The van der Waals surface area contributed by atoms with Gasteiger partial charge in [-0.1, -0.05) is 0 Å². The molecule has 1 fully saturated rings. The first kappa shape index (κ1) is 20.3. The second kappa shape index (κ2) is 8.28. The number of quaternary nitrogens is 1. The number of hydrogen-bond acceptors (Lipinski definition) is 4. The van der Waals surface area contributed by atoms with Crippen molar-refractivity contribution < 1.29 is 28.4 Å². The molecule has 3 atom stereocenters. The summed E-state index contributed by atoms with van der Waals surface area (Å²) in [6, 6.07) is 3.76. The van der Waals surface area contributed by atoms with Crippen molar-refractivity contribution in [2.45, 2.75) is 45.9 Å². The summed E-state index contributed by atoms with van der Waals surface area (Å²) in [7, 11) is 0. The van der Waals surface area contributed by atoms with Crippen molar-refractivity contribution in [1.29, 1.82) is 0 Å². The van der Waals surface area contributed by atoms with Gasteiger partial charge in [0.2, 0.25) is 0 Å². The van der Waals surface area contributed by atoms with Gasteiger partial charge in [0.05, 0.1) is 12.3 Å². The van der Waals surface area contributed by atoms with Crippen LogP contribution in [-0.4, -0.2) is 54.8 Å². The maximum absolute atomic E-state index is 13.8. The standard InChI is InChI=1S/C20H26FN3O4/c1-5-27-20(26)18-17(15-8-14(21)6-7-16(15)22-18)23-19(25)13(4)24-9-11(2)28-12(3)10-24/h6-8,11-13,22H,5,9-10H2,1-4H3,(H,23,25)/p+1/t11-,12-,13-/m1/s1. The molecule has 1 aliphatic rings. The molecule has 1 amide bonds. The molecule has 2 heterocycles. The minimum atomic E-state index is -0.594. The van der Waals surface area contributed by atoms with E-state index in [9.17, 15) is 14.0 Å². The van der Waals surface area contributed by atoms with Crippen LogP contribution in [0.5, 0.6) is 0 Å². The summed E-state index contributed by atoms with van der Waals surface area (Å²) in [4.78, 5) is 29.3. The van der Waals surface area contributed by atoms with Crippen molar-refractivity contribution >= 4 is 28.5 Å². The van der Waals surface area contributed by atoms with Gasteiger partial charge in [-0.2, -0.15) is 0 Å². The molecule has 8 heteroatoms. The van der Waals surface area contributed by atoms with Gasteiger partial charge < -0.3 is 24.7 Å². The van der Waals surface area contributed by atoms with E-state index in [1.54, 1.807) is 6.92 Å². The first-order valence-corrected chi connectivity index (χ1v) is 9.59. The van der Waals surface area contributed by atoms with E-state index in [1.165, 1.54) is 18.2 Å². The first-order valence-electron chi connectivity index (χ1n) is 9.59. The van der Waals surface area contributed by atoms with Gasteiger partial charge in [-0.15, -0.1) is 0 Å². The molecular formula is C20H27FN3O4+. The van der Waals surface area contributed by atoms with Gasteiger partial charge >= 0.3 is 5.97 Å². The van der Waals surface area contributed by atoms with Crippen molar-refractivity contribution in [3.8, 4) is 0 Å². The van der Waals surface area contributed by atoms with Crippen molar-refractivity contribution in [3.63, 3.8) is 0 Å². The van der Waals surface area contributed by atoms with E-state index in [-0.39, 0.29) is 42.1 Å². The van der Waals surface area contributed by atoms with E-state index >= 15 is 0 Å². The Bertz CT molecular complexity index is 872. The number of aromatic amines is 1. The van der Waals surface area contributed by atoms with Crippen LogP contribution in [0, 0.1) is 5.82 Å². The number of halogens is 1. The smallest absolute Gasteiger partial charge is 0.356 e. The van der Waals surface area contributed by atoms with Crippen LogP contribution < -0.4 is 10.2 Å². The third-order valence-electron chi connectivity index (χ3n) is 5.06. The second-order valence-electron chi connectivity index (χ2n) is 7.32. The van der Waals surface area contributed by atoms with Gasteiger partial charge in [0.1, 0.15) is 36.8 Å². The fraction of sp³-hybridized carbons (Fsp3) is 0.500. The van der Waals surface area contributed by atoms with Gasteiger partial charge in [0.15, 0.2) is 6.04 Å². The highest BCUT2D eigenvalue weighted by molar-refractivity contribution is 6.11. The fourth-order valence-corrected chi connectivity index (χ4v) is 3.74. The number of nitrogens with one attached hydrogen (secondary N) is 3. The monoisotopic (exact) mass is 392 g/mol. The first-order chi connectivity index (χ1) is 13.3. The highest BCUT2D eigenvalue weighted by Gasteiger charge is 2.34. The quantitative estimate of drug-likeness (QED) is 0.674. The number of esters is 1. The molecule has 7 nitrogen and oxygen atoms in total. The number of aromatic nitrogens is 1. The van der Waals surface area contributed by atoms with E-state index in [2.05, 4.69) is 10.3 Å². The number of rotatable bonds is 5. The van der Waals surface area contributed by atoms with E-state index in [1.807, 2.05) is 20.8 Å². The fourth-order valence-electron chi connectivity index (χ4n) is 3.74. The largest absolute Gasteiger partial charge is 0.461 e. The molecule has 152 valence electrons. The van der Waals surface area contributed by atoms with Gasteiger partial charge in [-0.25, -0.2) is 9.18 Å². The molecule has 3 N–H and O–H groups in total. The summed E-state index contributed by atoms with van der Waals surface area (Å²) < 4.78 is 24.6. The maximum Gasteiger partial charge on any atom is 0.356 e.